The molecule has 0 bridgehead atoms. The first-order chi connectivity index (χ1) is 15.1. The van der Waals surface area contributed by atoms with Crippen LogP contribution in [0.5, 0.6) is 0 Å². The van der Waals surface area contributed by atoms with E-state index in [1.807, 2.05) is 18.2 Å². The summed E-state index contributed by atoms with van der Waals surface area (Å²) < 4.78 is 3.04. The average Bonchev–Trinajstić information content (AvgIpc) is 3.25. The third-order valence-corrected chi connectivity index (χ3v) is 5.97. The topological polar surface area (TPSA) is 97.4 Å². The molecule has 0 spiro atoms. The summed E-state index contributed by atoms with van der Waals surface area (Å²) in [4.78, 5) is 29.1. The molecule has 1 aromatic carbocycles. The summed E-state index contributed by atoms with van der Waals surface area (Å²) in [6, 6.07) is 16.8. The SMILES string of the molecule is CCc1ccc(-c2cc3c(=O)[nH]nc(SCc4cc(=O)n5ccccc5n4)n3n2)cc1. The Morgan fingerprint density at radius 2 is 1.90 bits per heavy atom. The monoisotopic (exact) mass is 430 g/mol. The molecule has 0 fully saturated rings. The molecule has 31 heavy (non-hydrogen) atoms. The molecular formula is C22H18N6O2S. The van der Waals surface area contributed by atoms with E-state index in [4.69, 9.17) is 0 Å². The van der Waals surface area contributed by atoms with E-state index in [0.717, 1.165) is 12.0 Å². The number of benzene rings is 1. The first kappa shape index (κ1) is 19.3. The molecular weight excluding hydrogens is 412 g/mol. The summed E-state index contributed by atoms with van der Waals surface area (Å²) in [6.07, 6.45) is 2.65. The van der Waals surface area contributed by atoms with Crippen LogP contribution in [0.15, 0.2) is 75.5 Å². The summed E-state index contributed by atoms with van der Waals surface area (Å²) >= 11 is 1.35. The zero-order valence-corrected chi connectivity index (χ0v) is 17.5. The fraction of sp³-hybridized carbons (Fsp3) is 0.136. The minimum absolute atomic E-state index is 0.141. The van der Waals surface area contributed by atoms with Crippen molar-refractivity contribution in [3.8, 4) is 11.3 Å². The van der Waals surface area contributed by atoms with E-state index in [9.17, 15) is 9.59 Å². The molecule has 8 nitrogen and oxygen atoms in total. The molecule has 9 heteroatoms. The average molecular weight is 430 g/mol. The van der Waals surface area contributed by atoms with Crippen molar-refractivity contribution in [1.29, 1.82) is 0 Å². The van der Waals surface area contributed by atoms with Gasteiger partial charge in [-0.2, -0.15) is 5.10 Å². The van der Waals surface area contributed by atoms with Gasteiger partial charge in [0.25, 0.3) is 11.1 Å². The van der Waals surface area contributed by atoms with Gasteiger partial charge < -0.3 is 0 Å². The number of fused-ring (bicyclic) bond motifs is 2. The van der Waals surface area contributed by atoms with Crippen molar-refractivity contribution in [2.75, 3.05) is 0 Å². The number of pyridine rings is 1. The normalized spacial score (nSPS) is 11.4. The van der Waals surface area contributed by atoms with E-state index in [0.29, 0.717) is 33.5 Å². The predicted octanol–water partition coefficient (Wildman–Crippen LogP) is 2.95. The number of rotatable bonds is 5. The maximum absolute atomic E-state index is 12.3. The van der Waals surface area contributed by atoms with E-state index < -0.39 is 0 Å². The van der Waals surface area contributed by atoms with Gasteiger partial charge in [-0.1, -0.05) is 49.0 Å². The quantitative estimate of drug-likeness (QED) is 0.431. The smallest absolute Gasteiger partial charge is 0.269 e. The number of hydrogen-bond acceptors (Lipinski definition) is 6. The predicted molar refractivity (Wildman–Crippen MR) is 119 cm³/mol. The largest absolute Gasteiger partial charge is 0.290 e. The maximum Gasteiger partial charge on any atom is 0.290 e. The molecule has 0 aliphatic rings. The number of nitrogens with one attached hydrogen (secondary N) is 1. The molecule has 0 radical (unpaired) electrons. The van der Waals surface area contributed by atoms with Crippen LogP contribution >= 0.6 is 11.8 Å². The molecule has 0 aliphatic heterocycles. The Morgan fingerprint density at radius 1 is 1.06 bits per heavy atom. The lowest BCUT2D eigenvalue weighted by Crippen LogP contribution is -2.15. The molecule has 5 aromatic rings. The highest BCUT2D eigenvalue weighted by atomic mass is 32.2. The molecule has 5 rings (SSSR count). The van der Waals surface area contributed by atoms with Crippen molar-refractivity contribution in [3.05, 3.63) is 92.8 Å². The number of aromatic amines is 1. The van der Waals surface area contributed by atoms with Gasteiger partial charge in [0.15, 0.2) is 0 Å². The lowest BCUT2D eigenvalue weighted by Gasteiger charge is -2.04. The van der Waals surface area contributed by atoms with Crippen LogP contribution in [0.3, 0.4) is 0 Å². The Balaban J connectivity index is 1.49. The van der Waals surface area contributed by atoms with Gasteiger partial charge in [-0.25, -0.2) is 14.6 Å². The Bertz CT molecular complexity index is 1520. The molecule has 4 heterocycles. The van der Waals surface area contributed by atoms with Crippen LogP contribution in [0.25, 0.3) is 22.4 Å². The molecule has 0 saturated carbocycles. The second kappa shape index (κ2) is 7.84. The van der Waals surface area contributed by atoms with Gasteiger partial charge >= 0.3 is 0 Å². The maximum atomic E-state index is 12.3. The highest BCUT2D eigenvalue weighted by Gasteiger charge is 2.13. The summed E-state index contributed by atoms with van der Waals surface area (Å²) in [5.74, 6) is 0.412. The molecule has 0 saturated heterocycles. The van der Waals surface area contributed by atoms with E-state index in [-0.39, 0.29) is 11.1 Å². The number of hydrogen-bond donors (Lipinski definition) is 1. The van der Waals surface area contributed by atoms with Gasteiger partial charge in [0.2, 0.25) is 5.16 Å². The third kappa shape index (κ3) is 3.64. The Kier molecular flexibility index (Phi) is 4.87. The van der Waals surface area contributed by atoms with Crippen LogP contribution < -0.4 is 11.1 Å². The van der Waals surface area contributed by atoms with E-state index in [1.165, 1.54) is 27.8 Å². The third-order valence-electron chi connectivity index (χ3n) is 5.01. The molecule has 0 atom stereocenters. The summed E-state index contributed by atoms with van der Waals surface area (Å²) in [5, 5.41) is 11.8. The van der Waals surface area contributed by atoms with E-state index in [1.54, 1.807) is 28.9 Å². The van der Waals surface area contributed by atoms with Crippen LogP contribution in [0.2, 0.25) is 0 Å². The van der Waals surface area contributed by atoms with E-state index >= 15 is 0 Å². The second-order valence-electron chi connectivity index (χ2n) is 7.02. The summed E-state index contributed by atoms with van der Waals surface area (Å²) in [5.41, 5.74) is 4.05. The first-order valence-electron chi connectivity index (χ1n) is 9.80. The number of nitrogens with zero attached hydrogens (tertiary/aromatic N) is 5. The number of H-pyrrole nitrogens is 1. The van der Waals surface area contributed by atoms with Gasteiger partial charge in [0.1, 0.15) is 11.2 Å². The van der Waals surface area contributed by atoms with E-state index in [2.05, 4.69) is 39.3 Å². The second-order valence-corrected chi connectivity index (χ2v) is 7.96. The lowest BCUT2D eigenvalue weighted by atomic mass is 10.1. The molecule has 0 aliphatic carbocycles. The van der Waals surface area contributed by atoms with Crippen molar-refractivity contribution in [3.63, 3.8) is 0 Å². The van der Waals surface area contributed by atoms with Crippen LogP contribution in [-0.4, -0.2) is 29.2 Å². The highest BCUT2D eigenvalue weighted by Crippen LogP contribution is 2.23. The van der Waals surface area contributed by atoms with Crippen LogP contribution in [0.4, 0.5) is 0 Å². The van der Waals surface area contributed by atoms with Crippen molar-refractivity contribution in [2.24, 2.45) is 0 Å². The van der Waals surface area contributed by atoms with Gasteiger partial charge in [0.05, 0.1) is 11.4 Å². The zero-order valence-electron chi connectivity index (χ0n) is 16.6. The van der Waals surface area contributed by atoms with Crippen molar-refractivity contribution >= 4 is 22.9 Å². The minimum atomic E-state index is -0.310. The zero-order chi connectivity index (χ0) is 21.4. The first-order valence-corrected chi connectivity index (χ1v) is 10.8. The molecule has 1 N–H and O–H groups in total. The Hall–Kier alpha value is -3.72. The van der Waals surface area contributed by atoms with Gasteiger partial charge in [-0.05, 0) is 30.2 Å². The molecule has 4 aromatic heterocycles. The van der Waals surface area contributed by atoms with Crippen molar-refractivity contribution in [1.82, 2.24) is 29.2 Å². The van der Waals surface area contributed by atoms with Gasteiger partial charge in [-0.15, -0.1) is 5.10 Å². The fourth-order valence-electron chi connectivity index (χ4n) is 3.35. The highest BCUT2D eigenvalue weighted by molar-refractivity contribution is 7.98. The molecule has 154 valence electrons. The van der Waals surface area contributed by atoms with Gasteiger partial charge in [-0.3, -0.25) is 14.0 Å². The van der Waals surface area contributed by atoms with Crippen molar-refractivity contribution in [2.45, 2.75) is 24.3 Å². The Morgan fingerprint density at radius 3 is 2.71 bits per heavy atom. The molecule has 0 amide bonds. The van der Waals surface area contributed by atoms with Gasteiger partial charge in [0, 0.05) is 23.6 Å². The molecule has 0 unspecified atom stereocenters. The van der Waals surface area contributed by atoms with Crippen LogP contribution in [-0.2, 0) is 12.2 Å². The standard InChI is InChI=1S/C22H18N6O2S/c1-2-14-6-8-15(9-7-14)17-12-18-21(30)24-25-22(28(18)26-17)31-13-16-11-20(29)27-10-4-3-5-19(27)23-16/h3-12H,2,13H2,1H3,(H,24,30). The minimum Gasteiger partial charge on any atom is -0.269 e. The lowest BCUT2D eigenvalue weighted by molar-refractivity contribution is 0.728. The fourth-order valence-corrected chi connectivity index (χ4v) is 4.15. The summed E-state index contributed by atoms with van der Waals surface area (Å²) in [6.45, 7) is 2.10. The van der Waals surface area contributed by atoms with Crippen LogP contribution in [0, 0.1) is 0 Å². The van der Waals surface area contributed by atoms with Crippen molar-refractivity contribution < 1.29 is 0 Å². The number of aryl methyl sites for hydroxylation is 1. The van der Waals surface area contributed by atoms with Crippen LogP contribution in [0.1, 0.15) is 18.2 Å². The number of aromatic nitrogens is 6. The number of thioether (sulfide) groups is 1. The Labute approximate surface area is 180 Å². The summed E-state index contributed by atoms with van der Waals surface area (Å²) in [7, 11) is 0.